The molecule has 2 rings (SSSR count). The predicted octanol–water partition coefficient (Wildman–Crippen LogP) is 2.62. The lowest BCUT2D eigenvalue weighted by Gasteiger charge is -2.12. The van der Waals surface area contributed by atoms with Crippen molar-refractivity contribution in [1.29, 1.82) is 0 Å². The minimum absolute atomic E-state index is 0.149. The molecule has 0 amide bonds. The number of aromatic nitrogens is 1. The first-order chi connectivity index (χ1) is 9.61. The first kappa shape index (κ1) is 14.3. The van der Waals surface area contributed by atoms with Crippen LogP contribution in [-0.2, 0) is 11.3 Å². The third-order valence-electron chi connectivity index (χ3n) is 3.14. The smallest absolute Gasteiger partial charge is 0.341 e. The molecule has 1 atom stereocenters. The Morgan fingerprint density at radius 1 is 1.55 bits per heavy atom. The number of esters is 1. The van der Waals surface area contributed by atoms with Gasteiger partial charge in [0.2, 0.25) is 0 Å². The fraction of sp³-hybridized carbons (Fsp3) is 0.333. The number of hydrogen-bond acceptors (Lipinski definition) is 5. The van der Waals surface area contributed by atoms with Gasteiger partial charge < -0.3 is 14.5 Å². The number of pyridine rings is 1. The van der Waals surface area contributed by atoms with Gasteiger partial charge in [-0.25, -0.2) is 4.79 Å². The summed E-state index contributed by atoms with van der Waals surface area (Å²) in [6.45, 7) is 4.34. The zero-order valence-electron chi connectivity index (χ0n) is 11.8. The van der Waals surface area contributed by atoms with Gasteiger partial charge >= 0.3 is 5.97 Å². The highest BCUT2D eigenvalue weighted by molar-refractivity contribution is 5.90. The van der Waals surface area contributed by atoms with Gasteiger partial charge in [-0.05, 0) is 31.5 Å². The zero-order valence-corrected chi connectivity index (χ0v) is 11.8. The third kappa shape index (κ3) is 3.24. The molecule has 1 unspecified atom stereocenters. The number of nitrogens with zero attached hydrogens (tertiary/aromatic N) is 1. The largest absolute Gasteiger partial charge is 0.465 e. The highest BCUT2D eigenvalue weighted by atomic mass is 16.5. The fourth-order valence-electron chi connectivity index (χ4n) is 1.95. The molecular formula is C15H18N2O3. The number of ether oxygens (including phenoxy) is 1. The Morgan fingerprint density at radius 2 is 2.35 bits per heavy atom. The summed E-state index contributed by atoms with van der Waals surface area (Å²) in [5, 5.41) is 3.33. The van der Waals surface area contributed by atoms with Crippen molar-refractivity contribution in [2.24, 2.45) is 0 Å². The van der Waals surface area contributed by atoms with Crippen molar-refractivity contribution in [2.75, 3.05) is 7.11 Å². The second-order valence-electron chi connectivity index (χ2n) is 4.56. The van der Waals surface area contributed by atoms with E-state index in [4.69, 9.17) is 9.15 Å². The molecule has 20 heavy (non-hydrogen) atoms. The van der Waals surface area contributed by atoms with Crippen molar-refractivity contribution >= 4 is 5.97 Å². The maximum atomic E-state index is 11.5. The van der Waals surface area contributed by atoms with Crippen LogP contribution in [0.15, 0.2) is 35.0 Å². The van der Waals surface area contributed by atoms with Crippen molar-refractivity contribution in [2.45, 2.75) is 26.4 Å². The number of furan rings is 1. The van der Waals surface area contributed by atoms with E-state index in [0.717, 1.165) is 5.56 Å². The van der Waals surface area contributed by atoms with Gasteiger partial charge in [0.25, 0.3) is 0 Å². The van der Waals surface area contributed by atoms with E-state index in [9.17, 15) is 4.79 Å². The van der Waals surface area contributed by atoms with Gasteiger partial charge in [-0.2, -0.15) is 0 Å². The molecule has 0 aliphatic carbocycles. The normalized spacial score (nSPS) is 12.2. The maximum absolute atomic E-state index is 11.5. The second-order valence-corrected chi connectivity index (χ2v) is 4.56. The predicted molar refractivity (Wildman–Crippen MR) is 74.3 cm³/mol. The molecule has 0 spiro atoms. The molecule has 2 heterocycles. The Balaban J connectivity index is 1.99. The molecule has 1 N–H and O–H groups in total. The summed E-state index contributed by atoms with van der Waals surface area (Å²) in [5.74, 6) is 0.902. The van der Waals surface area contributed by atoms with Crippen molar-refractivity contribution in [3.63, 3.8) is 0 Å². The number of methoxy groups -OCH3 is 1. The molecule has 0 bridgehead atoms. The van der Waals surface area contributed by atoms with Gasteiger partial charge in [-0.1, -0.05) is 6.07 Å². The standard InChI is InChI=1S/C15H18N2O3/c1-10(12-5-4-6-16-8-12)17-9-13-7-14(11(2)20-13)15(18)19-3/h4-8,10,17H,9H2,1-3H3. The van der Waals surface area contributed by atoms with Crippen molar-refractivity contribution in [3.05, 3.63) is 53.2 Å². The maximum Gasteiger partial charge on any atom is 0.341 e. The molecule has 0 aliphatic heterocycles. The van der Waals surface area contributed by atoms with E-state index < -0.39 is 0 Å². The molecule has 2 aromatic rings. The fourth-order valence-corrected chi connectivity index (χ4v) is 1.95. The van der Waals surface area contributed by atoms with Crippen LogP contribution in [0.5, 0.6) is 0 Å². The Morgan fingerprint density at radius 3 is 3.00 bits per heavy atom. The Hall–Kier alpha value is -2.14. The van der Waals surface area contributed by atoms with Crippen molar-refractivity contribution < 1.29 is 13.9 Å². The highest BCUT2D eigenvalue weighted by Gasteiger charge is 2.15. The average molecular weight is 274 g/mol. The molecule has 0 saturated carbocycles. The lowest BCUT2D eigenvalue weighted by atomic mass is 10.1. The van der Waals surface area contributed by atoms with Crippen molar-refractivity contribution in [3.8, 4) is 0 Å². The van der Waals surface area contributed by atoms with E-state index in [1.54, 1.807) is 19.2 Å². The summed E-state index contributed by atoms with van der Waals surface area (Å²) in [7, 11) is 1.36. The van der Waals surface area contributed by atoms with E-state index in [0.29, 0.717) is 23.6 Å². The van der Waals surface area contributed by atoms with Gasteiger partial charge in [0, 0.05) is 18.4 Å². The summed E-state index contributed by atoms with van der Waals surface area (Å²) in [5.41, 5.74) is 1.57. The molecule has 0 saturated heterocycles. The highest BCUT2D eigenvalue weighted by Crippen LogP contribution is 2.17. The van der Waals surface area contributed by atoms with Gasteiger partial charge in [0.15, 0.2) is 0 Å². The minimum atomic E-state index is -0.377. The molecule has 0 fully saturated rings. The number of carbonyl (C=O) groups is 1. The number of aryl methyl sites for hydroxylation is 1. The van der Waals surface area contributed by atoms with Crippen LogP contribution in [0, 0.1) is 6.92 Å². The zero-order chi connectivity index (χ0) is 14.5. The van der Waals surface area contributed by atoms with Crippen LogP contribution in [0.4, 0.5) is 0 Å². The molecular weight excluding hydrogens is 256 g/mol. The minimum Gasteiger partial charge on any atom is -0.465 e. The molecule has 106 valence electrons. The first-order valence-corrected chi connectivity index (χ1v) is 6.42. The molecule has 2 aromatic heterocycles. The summed E-state index contributed by atoms with van der Waals surface area (Å²) >= 11 is 0. The van der Waals surface area contributed by atoms with Crippen LogP contribution in [0.1, 0.15) is 40.4 Å². The van der Waals surface area contributed by atoms with Gasteiger partial charge in [0.1, 0.15) is 17.1 Å². The summed E-state index contributed by atoms with van der Waals surface area (Å²) < 4.78 is 10.2. The lowest BCUT2D eigenvalue weighted by molar-refractivity contribution is 0.0599. The number of nitrogens with one attached hydrogen (secondary N) is 1. The quantitative estimate of drug-likeness (QED) is 0.849. The van der Waals surface area contributed by atoms with Crippen LogP contribution in [-0.4, -0.2) is 18.1 Å². The van der Waals surface area contributed by atoms with Crippen LogP contribution in [0.2, 0.25) is 0 Å². The molecule has 0 aromatic carbocycles. The van der Waals surface area contributed by atoms with Gasteiger partial charge in [0.05, 0.1) is 13.7 Å². The summed E-state index contributed by atoms with van der Waals surface area (Å²) in [4.78, 5) is 15.6. The van der Waals surface area contributed by atoms with Crippen molar-refractivity contribution in [1.82, 2.24) is 10.3 Å². The van der Waals surface area contributed by atoms with E-state index in [-0.39, 0.29) is 12.0 Å². The Kier molecular flexibility index (Phi) is 4.53. The van der Waals surface area contributed by atoms with E-state index in [2.05, 4.69) is 10.3 Å². The van der Waals surface area contributed by atoms with E-state index in [1.165, 1.54) is 7.11 Å². The first-order valence-electron chi connectivity index (χ1n) is 6.42. The average Bonchev–Trinajstić information content (AvgIpc) is 2.86. The molecule has 0 radical (unpaired) electrons. The van der Waals surface area contributed by atoms with Crippen LogP contribution in [0.3, 0.4) is 0 Å². The van der Waals surface area contributed by atoms with Gasteiger partial charge in [-0.3, -0.25) is 4.98 Å². The SMILES string of the molecule is COC(=O)c1cc(CNC(C)c2cccnc2)oc1C. The topological polar surface area (TPSA) is 64.4 Å². The Bertz CT molecular complexity index is 578. The number of hydrogen-bond donors (Lipinski definition) is 1. The third-order valence-corrected chi connectivity index (χ3v) is 3.14. The molecule has 5 heteroatoms. The lowest BCUT2D eigenvalue weighted by Crippen LogP contribution is -2.17. The van der Waals surface area contributed by atoms with Crippen LogP contribution in [0.25, 0.3) is 0 Å². The van der Waals surface area contributed by atoms with E-state index >= 15 is 0 Å². The summed E-state index contributed by atoms with van der Waals surface area (Å²) in [6, 6.07) is 5.78. The van der Waals surface area contributed by atoms with Crippen LogP contribution < -0.4 is 5.32 Å². The molecule has 0 aliphatic rings. The van der Waals surface area contributed by atoms with Crippen LogP contribution >= 0.6 is 0 Å². The number of carbonyl (C=O) groups excluding carboxylic acids is 1. The molecule has 5 nitrogen and oxygen atoms in total. The number of rotatable bonds is 5. The Labute approximate surface area is 118 Å². The monoisotopic (exact) mass is 274 g/mol. The second kappa shape index (κ2) is 6.34. The van der Waals surface area contributed by atoms with Gasteiger partial charge in [-0.15, -0.1) is 0 Å². The van der Waals surface area contributed by atoms with E-state index in [1.807, 2.05) is 25.3 Å². The summed E-state index contributed by atoms with van der Waals surface area (Å²) in [6.07, 6.45) is 3.57.